The summed E-state index contributed by atoms with van der Waals surface area (Å²) >= 11 is 0. The van der Waals surface area contributed by atoms with Gasteiger partial charge in [-0.1, -0.05) is 13.8 Å². The molecule has 0 saturated heterocycles. The first-order valence-corrected chi connectivity index (χ1v) is 5.44. The van der Waals surface area contributed by atoms with Gasteiger partial charge in [-0.3, -0.25) is 0 Å². The summed E-state index contributed by atoms with van der Waals surface area (Å²) in [5, 5.41) is 0. The van der Waals surface area contributed by atoms with Crippen LogP contribution in [0.3, 0.4) is 0 Å². The Bertz CT molecular complexity index is 168. The largest absolute Gasteiger partial charge is 0.229 e. The summed E-state index contributed by atoms with van der Waals surface area (Å²) < 4.78 is 21.2. The average Bonchev–Trinajstić information content (AvgIpc) is 1.59. The normalized spacial score (nSPS) is 12.4. The van der Waals surface area contributed by atoms with Crippen LogP contribution in [0.1, 0.15) is 26.7 Å². The molecule has 61 valence electrons. The molecule has 0 bridgehead atoms. The summed E-state index contributed by atoms with van der Waals surface area (Å²) in [4.78, 5) is 0. The first-order chi connectivity index (χ1) is 4.42. The van der Waals surface area contributed by atoms with Gasteiger partial charge in [-0.15, -0.1) is 0 Å². The molecule has 0 N–H and O–H groups in total. The van der Waals surface area contributed by atoms with Crippen molar-refractivity contribution in [3.8, 4) is 0 Å². The maximum absolute atomic E-state index is 10.6. The minimum Gasteiger partial charge on any atom is -0.229 e. The van der Waals surface area contributed by atoms with Gasteiger partial charge in [0.2, 0.25) is 0 Å². The van der Waals surface area contributed by atoms with Crippen LogP contribution >= 0.6 is 0 Å². The van der Waals surface area contributed by atoms with Crippen LogP contribution in [-0.4, -0.2) is 20.4 Å². The Balaban J connectivity index is 3.39. The van der Waals surface area contributed by atoms with E-state index in [9.17, 15) is 8.42 Å². The van der Waals surface area contributed by atoms with E-state index in [4.69, 9.17) is 0 Å². The van der Waals surface area contributed by atoms with Gasteiger partial charge in [0.1, 0.15) is 9.84 Å². The lowest BCUT2D eigenvalue weighted by Gasteiger charge is -2.01. The zero-order valence-corrected chi connectivity index (χ0v) is 7.66. The maximum atomic E-state index is 10.6. The molecule has 0 fully saturated rings. The van der Waals surface area contributed by atoms with E-state index >= 15 is 0 Å². The summed E-state index contributed by atoms with van der Waals surface area (Å²) in [6, 6.07) is 0. The van der Waals surface area contributed by atoms with Gasteiger partial charge >= 0.3 is 0 Å². The molecule has 2 nitrogen and oxygen atoms in total. The third-order valence-electron chi connectivity index (χ3n) is 1.19. The summed E-state index contributed by atoms with van der Waals surface area (Å²) in [5.74, 6) is 1.61. The van der Waals surface area contributed by atoms with Gasteiger partial charge in [-0.2, -0.15) is 0 Å². The van der Waals surface area contributed by atoms with Crippen molar-refractivity contribution >= 4 is 9.84 Å². The topological polar surface area (TPSA) is 34.1 Å². The highest BCUT2D eigenvalue weighted by atomic mass is 32.2. The molecule has 0 aromatic heterocycles. The zero-order chi connectivity index (χ0) is 8.20. The van der Waals surface area contributed by atoms with Crippen LogP contribution in [0.25, 0.3) is 0 Å². The molecule has 0 rings (SSSR count). The highest BCUT2D eigenvalue weighted by Gasteiger charge is 2.02. The quantitative estimate of drug-likeness (QED) is 0.628. The van der Waals surface area contributed by atoms with Gasteiger partial charge in [-0.25, -0.2) is 8.42 Å². The van der Waals surface area contributed by atoms with Gasteiger partial charge in [0.15, 0.2) is 0 Å². The Morgan fingerprint density at radius 3 is 2.10 bits per heavy atom. The molecule has 0 aromatic carbocycles. The van der Waals surface area contributed by atoms with Gasteiger partial charge in [0.05, 0.1) is 0 Å². The molecule has 0 aliphatic carbocycles. The Hall–Kier alpha value is -0.0500. The monoisotopic (exact) mass is 163 g/mol. The van der Waals surface area contributed by atoms with Crippen molar-refractivity contribution < 1.29 is 8.42 Å². The second-order valence-corrected chi connectivity index (χ2v) is 5.20. The smallest absolute Gasteiger partial charge is 0.147 e. The number of hydrogen-bond acceptors (Lipinski definition) is 2. The Morgan fingerprint density at radius 1 is 1.30 bits per heavy atom. The van der Waals surface area contributed by atoms with Crippen LogP contribution in [0.5, 0.6) is 0 Å². The molecular formula is C7H15O2S. The standard InChI is InChI=1S/C7H15O2S/c1-7(2)5-4-6-10(3,8)9/h4-6H2,1-3H3. The van der Waals surface area contributed by atoms with Crippen LogP contribution in [0.15, 0.2) is 0 Å². The molecule has 0 spiro atoms. The molecule has 10 heavy (non-hydrogen) atoms. The van der Waals surface area contributed by atoms with Crippen LogP contribution < -0.4 is 0 Å². The van der Waals surface area contributed by atoms with Crippen molar-refractivity contribution in [3.63, 3.8) is 0 Å². The summed E-state index contributed by atoms with van der Waals surface area (Å²) in [6.07, 6.45) is 2.96. The van der Waals surface area contributed by atoms with Crippen molar-refractivity contribution in [2.45, 2.75) is 26.7 Å². The van der Waals surface area contributed by atoms with Crippen LogP contribution in [0.2, 0.25) is 0 Å². The van der Waals surface area contributed by atoms with E-state index in [1.165, 1.54) is 12.2 Å². The first-order valence-electron chi connectivity index (χ1n) is 3.38. The van der Waals surface area contributed by atoms with Gasteiger partial charge < -0.3 is 0 Å². The number of sulfone groups is 1. The minimum atomic E-state index is -2.73. The Morgan fingerprint density at radius 2 is 1.80 bits per heavy atom. The molecule has 0 atom stereocenters. The summed E-state index contributed by atoms with van der Waals surface area (Å²) in [6.45, 7) is 4.03. The lowest BCUT2D eigenvalue weighted by atomic mass is 10.1. The highest BCUT2D eigenvalue weighted by molar-refractivity contribution is 7.90. The van der Waals surface area contributed by atoms with E-state index in [0.29, 0.717) is 5.75 Å². The average molecular weight is 163 g/mol. The Labute approximate surface area is 63.6 Å². The fourth-order valence-electron chi connectivity index (χ4n) is 0.688. The predicted molar refractivity (Wildman–Crippen MR) is 43.5 cm³/mol. The molecule has 0 saturated carbocycles. The van der Waals surface area contributed by atoms with E-state index in [0.717, 1.165) is 12.8 Å². The Kier molecular flexibility index (Phi) is 3.94. The van der Waals surface area contributed by atoms with Crippen molar-refractivity contribution in [2.24, 2.45) is 0 Å². The number of rotatable bonds is 4. The van der Waals surface area contributed by atoms with E-state index < -0.39 is 9.84 Å². The van der Waals surface area contributed by atoms with E-state index in [2.05, 4.69) is 0 Å². The van der Waals surface area contributed by atoms with Crippen LogP contribution in [0.4, 0.5) is 0 Å². The molecule has 3 heteroatoms. The van der Waals surface area contributed by atoms with Crippen molar-refractivity contribution in [2.75, 3.05) is 12.0 Å². The SMILES string of the molecule is C[C](C)CCCS(C)(=O)=O. The van der Waals surface area contributed by atoms with Crippen molar-refractivity contribution in [1.82, 2.24) is 0 Å². The molecule has 0 aromatic rings. The molecule has 0 aliphatic rings. The van der Waals surface area contributed by atoms with Crippen LogP contribution in [0, 0.1) is 5.92 Å². The molecule has 0 unspecified atom stereocenters. The molecular weight excluding hydrogens is 148 g/mol. The third-order valence-corrected chi connectivity index (χ3v) is 2.22. The summed E-state index contributed by atoms with van der Waals surface area (Å²) in [7, 11) is -2.73. The highest BCUT2D eigenvalue weighted by Crippen LogP contribution is 2.06. The molecule has 0 heterocycles. The van der Waals surface area contributed by atoms with E-state index in [-0.39, 0.29) is 0 Å². The van der Waals surface area contributed by atoms with E-state index in [1.54, 1.807) is 0 Å². The van der Waals surface area contributed by atoms with Crippen molar-refractivity contribution in [3.05, 3.63) is 5.92 Å². The van der Waals surface area contributed by atoms with Gasteiger partial charge in [-0.05, 0) is 18.8 Å². The summed E-state index contributed by atoms with van der Waals surface area (Å²) in [5.41, 5.74) is 0. The second kappa shape index (κ2) is 3.96. The first kappa shape index (κ1) is 9.95. The van der Waals surface area contributed by atoms with E-state index in [1.807, 2.05) is 13.8 Å². The zero-order valence-electron chi connectivity index (χ0n) is 6.85. The third kappa shape index (κ3) is 7.95. The predicted octanol–water partition coefficient (Wildman–Crippen LogP) is 1.43. The molecule has 0 amide bonds. The molecule has 1 radical (unpaired) electrons. The van der Waals surface area contributed by atoms with Gasteiger partial charge in [0, 0.05) is 12.0 Å². The van der Waals surface area contributed by atoms with Crippen LogP contribution in [-0.2, 0) is 9.84 Å². The van der Waals surface area contributed by atoms with Crippen molar-refractivity contribution in [1.29, 1.82) is 0 Å². The minimum absolute atomic E-state index is 0.318. The second-order valence-electron chi connectivity index (χ2n) is 2.94. The fraction of sp³-hybridized carbons (Fsp3) is 0.857. The lowest BCUT2D eigenvalue weighted by Crippen LogP contribution is -2.03. The fourth-order valence-corrected chi connectivity index (χ4v) is 1.36. The molecule has 0 aliphatic heterocycles. The van der Waals surface area contributed by atoms with Gasteiger partial charge in [0.25, 0.3) is 0 Å². The maximum Gasteiger partial charge on any atom is 0.147 e. The lowest BCUT2D eigenvalue weighted by molar-refractivity contribution is 0.598. The number of hydrogen-bond donors (Lipinski definition) is 0.